The monoisotopic (exact) mass is 257 g/mol. The molecule has 0 aliphatic heterocycles. The molecule has 0 saturated carbocycles. The Morgan fingerprint density at radius 3 is 2.21 bits per heavy atom. The van der Waals surface area contributed by atoms with Crippen LogP contribution in [-0.4, -0.2) is 5.91 Å². The van der Waals surface area contributed by atoms with Gasteiger partial charge in [-0.2, -0.15) is 0 Å². The molecule has 19 heavy (non-hydrogen) atoms. The van der Waals surface area contributed by atoms with Crippen molar-refractivity contribution in [3.63, 3.8) is 0 Å². The average molecular weight is 257 g/mol. The normalized spacial score (nSPS) is 9.21. The van der Waals surface area contributed by atoms with Crippen LogP contribution >= 0.6 is 0 Å². The maximum atomic E-state index is 11.8. The van der Waals surface area contributed by atoms with Crippen molar-refractivity contribution in [3.05, 3.63) is 66.0 Å². The minimum atomic E-state index is -0.0468. The zero-order chi connectivity index (χ0) is 14.1. The molecule has 1 heterocycles. The minimum Gasteiger partial charge on any atom is -0.348 e. The van der Waals surface area contributed by atoms with E-state index in [4.69, 9.17) is 0 Å². The largest absolute Gasteiger partial charge is 0.348 e. The van der Waals surface area contributed by atoms with E-state index in [1.165, 1.54) is 0 Å². The lowest BCUT2D eigenvalue weighted by atomic mass is 10.2. The van der Waals surface area contributed by atoms with Crippen molar-refractivity contribution in [1.82, 2.24) is 5.32 Å². The van der Waals surface area contributed by atoms with E-state index in [1.54, 1.807) is 12.1 Å². The number of rotatable bonds is 3. The summed E-state index contributed by atoms with van der Waals surface area (Å²) in [6, 6.07) is 13.5. The number of aryl methyl sites for hydroxylation is 1. The molecule has 0 aliphatic rings. The van der Waals surface area contributed by atoms with Crippen LogP contribution in [0.25, 0.3) is 0 Å². The van der Waals surface area contributed by atoms with Gasteiger partial charge in [-0.25, -0.2) is 4.57 Å². The number of carbonyl (C=O) groups is 1. The Morgan fingerprint density at radius 1 is 1.05 bits per heavy atom. The van der Waals surface area contributed by atoms with Crippen molar-refractivity contribution in [3.8, 4) is 0 Å². The van der Waals surface area contributed by atoms with Crippen LogP contribution in [0.15, 0.2) is 54.9 Å². The van der Waals surface area contributed by atoms with E-state index in [0.717, 1.165) is 5.56 Å². The summed E-state index contributed by atoms with van der Waals surface area (Å²) in [5, 5.41) is 2.89. The molecule has 0 saturated heterocycles. The average Bonchev–Trinajstić information content (AvgIpc) is 2.49. The molecule has 1 amide bonds. The number of hydrogen-bond acceptors (Lipinski definition) is 1. The quantitative estimate of drug-likeness (QED) is 0.842. The van der Waals surface area contributed by atoms with Crippen LogP contribution in [0.1, 0.15) is 29.8 Å². The summed E-state index contributed by atoms with van der Waals surface area (Å²) in [4.78, 5) is 11.8. The highest BCUT2D eigenvalue weighted by molar-refractivity contribution is 5.93. The number of hydrogen-bond donors (Lipinski definition) is 1. The first-order chi connectivity index (χ1) is 9.25. The molecule has 3 nitrogen and oxygen atoms in total. The van der Waals surface area contributed by atoms with Gasteiger partial charge in [-0.05, 0) is 5.56 Å². The van der Waals surface area contributed by atoms with Gasteiger partial charge in [0.1, 0.15) is 7.05 Å². The Kier molecular flexibility index (Phi) is 6.30. The fourth-order valence-electron chi connectivity index (χ4n) is 1.53. The van der Waals surface area contributed by atoms with Crippen molar-refractivity contribution in [1.29, 1.82) is 0 Å². The van der Waals surface area contributed by atoms with Crippen molar-refractivity contribution in [2.24, 2.45) is 7.05 Å². The lowest BCUT2D eigenvalue weighted by molar-refractivity contribution is -0.671. The van der Waals surface area contributed by atoms with E-state index in [0.29, 0.717) is 12.1 Å². The molecule has 0 atom stereocenters. The lowest BCUT2D eigenvalue weighted by Crippen LogP contribution is -2.28. The summed E-state index contributed by atoms with van der Waals surface area (Å²) < 4.78 is 1.90. The number of amides is 1. The van der Waals surface area contributed by atoms with E-state index < -0.39 is 0 Å². The Morgan fingerprint density at radius 2 is 1.63 bits per heavy atom. The second kappa shape index (κ2) is 8.03. The van der Waals surface area contributed by atoms with Gasteiger partial charge in [0, 0.05) is 18.7 Å². The highest BCUT2D eigenvalue weighted by Crippen LogP contribution is 1.99. The molecule has 3 heteroatoms. The topological polar surface area (TPSA) is 33.0 Å². The molecule has 1 N–H and O–H groups in total. The van der Waals surface area contributed by atoms with Gasteiger partial charge < -0.3 is 5.32 Å². The third-order valence-electron chi connectivity index (χ3n) is 2.54. The molecule has 0 aliphatic carbocycles. The van der Waals surface area contributed by atoms with E-state index in [1.807, 2.05) is 68.2 Å². The number of nitrogens with one attached hydrogen (secondary N) is 1. The number of aromatic nitrogens is 1. The fourth-order valence-corrected chi connectivity index (χ4v) is 1.53. The van der Waals surface area contributed by atoms with Crippen molar-refractivity contribution < 1.29 is 9.36 Å². The predicted molar refractivity (Wildman–Crippen MR) is 76.6 cm³/mol. The van der Waals surface area contributed by atoms with Crippen LogP contribution in [0.2, 0.25) is 0 Å². The summed E-state index contributed by atoms with van der Waals surface area (Å²) in [6.07, 6.45) is 3.72. The first-order valence-electron chi connectivity index (χ1n) is 6.53. The molecule has 1 aromatic heterocycles. The summed E-state index contributed by atoms with van der Waals surface area (Å²) in [7, 11) is 1.92. The van der Waals surface area contributed by atoms with Crippen molar-refractivity contribution in [2.45, 2.75) is 20.4 Å². The van der Waals surface area contributed by atoms with Crippen molar-refractivity contribution >= 4 is 5.91 Å². The Hall–Kier alpha value is -2.16. The molecule has 0 spiro atoms. The molecular formula is C16H21N2O+. The standard InChI is InChI=1S/C14H14N2O.C2H6/c1-16-9-7-13(8-10-16)14(17)15-11-12-5-3-2-4-6-12;1-2/h2-10H,11H2,1H3;1-2H3/p+1. The van der Waals surface area contributed by atoms with Crippen LogP contribution in [0.4, 0.5) is 0 Å². The molecule has 0 radical (unpaired) electrons. The first-order valence-corrected chi connectivity index (χ1v) is 6.53. The van der Waals surface area contributed by atoms with E-state index in [9.17, 15) is 4.79 Å². The zero-order valence-electron chi connectivity index (χ0n) is 11.8. The third-order valence-corrected chi connectivity index (χ3v) is 2.54. The van der Waals surface area contributed by atoms with Crippen LogP contribution in [0.5, 0.6) is 0 Å². The number of carbonyl (C=O) groups excluding carboxylic acids is 1. The smallest absolute Gasteiger partial charge is 0.252 e. The fraction of sp³-hybridized carbons (Fsp3) is 0.250. The molecular weight excluding hydrogens is 236 g/mol. The lowest BCUT2D eigenvalue weighted by Gasteiger charge is -2.04. The molecule has 0 fully saturated rings. The van der Waals surface area contributed by atoms with Gasteiger partial charge in [-0.1, -0.05) is 44.2 Å². The van der Waals surface area contributed by atoms with Crippen LogP contribution < -0.4 is 9.88 Å². The maximum Gasteiger partial charge on any atom is 0.252 e. The second-order valence-electron chi connectivity index (χ2n) is 3.92. The predicted octanol–water partition coefficient (Wildman–Crippen LogP) is 2.47. The number of benzene rings is 1. The van der Waals surface area contributed by atoms with E-state index in [-0.39, 0.29) is 5.91 Å². The molecule has 2 aromatic rings. The number of pyridine rings is 1. The molecule has 1 aromatic carbocycles. The summed E-state index contributed by atoms with van der Waals surface area (Å²) >= 11 is 0. The molecule has 0 unspecified atom stereocenters. The van der Waals surface area contributed by atoms with Crippen LogP contribution in [-0.2, 0) is 13.6 Å². The van der Waals surface area contributed by atoms with Crippen LogP contribution in [0, 0.1) is 0 Å². The molecule has 2 rings (SSSR count). The van der Waals surface area contributed by atoms with Gasteiger partial charge in [-0.15, -0.1) is 0 Å². The van der Waals surface area contributed by atoms with Gasteiger partial charge >= 0.3 is 0 Å². The number of nitrogens with zero attached hydrogens (tertiary/aromatic N) is 1. The maximum absolute atomic E-state index is 11.8. The van der Waals surface area contributed by atoms with E-state index in [2.05, 4.69) is 5.32 Å². The van der Waals surface area contributed by atoms with Gasteiger partial charge in [-0.3, -0.25) is 4.79 Å². The molecule has 0 bridgehead atoms. The molecule has 100 valence electrons. The van der Waals surface area contributed by atoms with Gasteiger partial charge in [0.2, 0.25) is 0 Å². The highest BCUT2D eigenvalue weighted by atomic mass is 16.1. The second-order valence-corrected chi connectivity index (χ2v) is 3.92. The zero-order valence-corrected chi connectivity index (χ0v) is 11.8. The van der Waals surface area contributed by atoms with E-state index >= 15 is 0 Å². The summed E-state index contributed by atoms with van der Waals surface area (Å²) in [5.41, 5.74) is 1.78. The third kappa shape index (κ3) is 4.92. The minimum absolute atomic E-state index is 0.0468. The summed E-state index contributed by atoms with van der Waals surface area (Å²) in [6.45, 7) is 4.56. The summed E-state index contributed by atoms with van der Waals surface area (Å²) in [5.74, 6) is -0.0468. The first kappa shape index (κ1) is 14.9. The Bertz CT molecular complexity index is 492. The van der Waals surface area contributed by atoms with Crippen LogP contribution in [0.3, 0.4) is 0 Å². The van der Waals surface area contributed by atoms with Gasteiger partial charge in [0.15, 0.2) is 12.4 Å². The highest BCUT2D eigenvalue weighted by Gasteiger charge is 2.06. The van der Waals surface area contributed by atoms with Gasteiger partial charge in [0.05, 0.1) is 5.56 Å². The SMILES string of the molecule is CC.C[n+]1ccc(C(=O)NCc2ccccc2)cc1. The van der Waals surface area contributed by atoms with Gasteiger partial charge in [0.25, 0.3) is 5.91 Å². The Labute approximate surface area is 114 Å². The Balaban J connectivity index is 0.000000861. The van der Waals surface area contributed by atoms with Crippen molar-refractivity contribution in [2.75, 3.05) is 0 Å².